The van der Waals surface area contributed by atoms with Crippen LogP contribution in [0.25, 0.3) is 0 Å². The number of halogens is 1. The molecule has 0 saturated carbocycles. The van der Waals surface area contributed by atoms with Gasteiger partial charge in [0.15, 0.2) is 0 Å². The van der Waals surface area contributed by atoms with Gasteiger partial charge in [-0.25, -0.2) is 4.39 Å². The lowest BCUT2D eigenvalue weighted by Crippen LogP contribution is -2.36. The normalized spacial score (nSPS) is 12.2. The van der Waals surface area contributed by atoms with Crippen molar-refractivity contribution in [3.05, 3.63) is 29.6 Å². The molecular formula is C12H16FNOS2. The summed E-state index contributed by atoms with van der Waals surface area (Å²) in [6, 6.07) is 4.31. The molecule has 1 aromatic rings. The van der Waals surface area contributed by atoms with Gasteiger partial charge in [0.25, 0.3) is 5.91 Å². The lowest BCUT2D eigenvalue weighted by molar-refractivity contribution is 0.0939. The number of nitrogens with one attached hydrogen (secondary N) is 1. The van der Waals surface area contributed by atoms with Crippen LogP contribution in [0.2, 0.25) is 0 Å². The molecule has 17 heavy (non-hydrogen) atoms. The summed E-state index contributed by atoms with van der Waals surface area (Å²) in [5.74, 6) is 0.277. The van der Waals surface area contributed by atoms with Crippen LogP contribution >= 0.6 is 24.4 Å². The molecule has 1 N–H and O–H groups in total. The molecule has 0 saturated heterocycles. The minimum absolute atomic E-state index is 0.144. The summed E-state index contributed by atoms with van der Waals surface area (Å²) in [7, 11) is 0. The number of rotatable bonds is 5. The van der Waals surface area contributed by atoms with Crippen LogP contribution in [-0.4, -0.2) is 24.0 Å². The molecule has 94 valence electrons. The van der Waals surface area contributed by atoms with Crippen molar-refractivity contribution in [3.63, 3.8) is 0 Å². The Labute approximate surface area is 111 Å². The molecule has 0 heterocycles. The van der Waals surface area contributed by atoms with Crippen LogP contribution < -0.4 is 5.32 Å². The Hall–Kier alpha value is -0.680. The zero-order chi connectivity index (χ0) is 12.8. The van der Waals surface area contributed by atoms with Gasteiger partial charge >= 0.3 is 0 Å². The number of amides is 1. The number of thioether (sulfide) groups is 1. The van der Waals surface area contributed by atoms with Gasteiger partial charge in [-0.3, -0.25) is 4.79 Å². The van der Waals surface area contributed by atoms with E-state index in [9.17, 15) is 9.18 Å². The van der Waals surface area contributed by atoms with Gasteiger partial charge < -0.3 is 5.32 Å². The molecule has 0 radical (unpaired) electrons. The maximum atomic E-state index is 13.0. The fourth-order valence-corrected chi connectivity index (χ4v) is 2.32. The Balaban J connectivity index is 2.72. The highest BCUT2D eigenvalue weighted by molar-refractivity contribution is 7.98. The summed E-state index contributed by atoms with van der Waals surface area (Å²) in [6.07, 6.45) is 2.88. The minimum atomic E-state index is -0.416. The SMILES string of the molecule is CCC(CSC)NC(=O)c1ccc(F)c(S)c1. The molecule has 0 fully saturated rings. The first-order valence-corrected chi connectivity index (χ1v) is 7.21. The molecule has 1 atom stereocenters. The van der Waals surface area contributed by atoms with Crippen molar-refractivity contribution in [3.8, 4) is 0 Å². The Morgan fingerprint density at radius 2 is 2.29 bits per heavy atom. The molecule has 1 amide bonds. The van der Waals surface area contributed by atoms with Crippen LogP contribution in [0.3, 0.4) is 0 Å². The van der Waals surface area contributed by atoms with Gasteiger partial charge in [-0.05, 0) is 30.9 Å². The maximum Gasteiger partial charge on any atom is 0.251 e. The van der Waals surface area contributed by atoms with Gasteiger partial charge in [0, 0.05) is 22.3 Å². The van der Waals surface area contributed by atoms with Crippen LogP contribution in [0.15, 0.2) is 23.1 Å². The lowest BCUT2D eigenvalue weighted by Gasteiger charge is -2.15. The second-order valence-corrected chi connectivity index (χ2v) is 5.09. The summed E-state index contributed by atoms with van der Waals surface area (Å²) < 4.78 is 13.0. The van der Waals surface area contributed by atoms with E-state index in [1.54, 1.807) is 11.8 Å². The van der Waals surface area contributed by atoms with Gasteiger partial charge in [-0.2, -0.15) is 11.8 Å². The standard InChI is InChI=1S/C12H16FNOS2/c1-3-9(7-17-2)14-12(15)8-4-5-10(13)11(16)6-8/h4-6,9,16H,3,7H2,1-2H3,(H,14,15). The van der Waals surface area contributed by atoms with E-state index in [2.05, 4.69) is 17.9 Å². The van der Waals surface area contributed by atoms with Crippen molar-refractivity contribution < 1.29 is 9.18 Å². The van der Waals surface area contributed by atoms with Crippen molar-refractivity contribution in [2.75, 3.05) is 12.0 Å². The number of carbonyl (C=O) groups excluding carboxylic acids is 1. The third-order valence-corrected chi connectivity index (χ3v) is 3.48. The summed E-state index contributed by atoms with van der Waals surface area (Å²) in [5.41, 5.74) is 0.441. The third kappa shape index (κ3) is 4.24. The van der Waals surface area contributed by atoms with E-state index in [4.69, 9.17) is 0 Å². The average molecular weight is 273 g/mol. The van der Waals surface area contributed by atoms with E-state index in [1.807, 2.05) is 13.2 Å². The van der Waals surface area contributed by atoms with Gasteiger partial charge in [0.2, 0.25) is 0 Å². The van der Waals surface area contributed by atoms with E-state index in [0.717, 1.165) is 12.2 Å². The molecule has 0 aliphatic heterocycles. The van der Waals surface area contributed by atoms with Crippen LogP contribution in [-0.2, 0) is 0 Å². The predicted octanol–water partition coefficient (Wildman–Crippen LogP) is 2.99. The van der Waals surface area contributed by atoms with Crippen molar-refractivity contribution in [2.45, 2.75) is 24.3 Å². The smallest absolute Gasteiger partial charge is 0.251 e. The molecule has 0 bridgehead atoms. The maximum absolute atomic E-state index is 13.0. The second kappa shape index (κ2) is 6.91. The van der Waals surface area contributed by atoms with E-state index < -0.39 is 5.82 Å². The van der Waals surface area contributed by atoms with Crippen molar-refractivity contribution in [2.24, 2.45) is 0 Å². The zero-order valence-electron chi connectivity index (χ0n) is 9.87. The van der Waals surface area contributed by atoms with Crippen molar-refractivity contribution in [1.29, 1.82) is 0 Å². The monoisotopic (exact) mass is 273 g/mol. The highest BCUT2D eigenvalue weighted by atomic mass is 32.2. The molecule has 0 aliphatic carbocycles. The third-order valence-electron chi connectivity index (χ3n) is 2.40. The van der Waals surface area contributed by atoms with Crippen molar-refractivity contribution in [1.82, 2.24) is 5.32 Å². The van der Waals surface area contributed by atoms with Crippen LogP contribution in [0.1, 0.15) is 23.7 Å². The molecule has 1 rings (SSSR count). The minimum Gasteiger partial charge on any atom is -0.348 e. The van der Waals surface area contributed by atoms with Gasteiger partial charge in [-0.1, -0.05) is 6.92 Å². The largest absolute Gasteiger partial charge is 0.348 e. The van der Waals surface area contributed by atoms with Gasteiger partial charge in [0.05, 0.1) is 0 Å². The van der Waals surface area contributed by atoms with E-state index in [0.29, 0.717) is 5.56 Å². The molecule has 0 spiro atoms. The number of hydrogen-bond acceptors (Lipinski definition) is 3. The molecule has 0 aliphatic rings. The highest BCUT2D eigenvalue weighted by Crippen LogP contribution is 2.14. The van der Waals surface area contributed by atoms with Crippen LogP contribution in [0.5, 0.6) is 0 Å². The predicted molar refractivity (Wildman–Crippen MR) is 73.6 cm³/mol. The Morgan fingerprint density at radius 1 is 1.59 bits per heavy atom. The average Bonchev–Trinajstić information content (AvgIpc) is 2.31. The summed E-state index contributed by atoms with van der Waals surface area (Å²) in [6.45, 7) is 2.02. The van der Waals surface area contributed by atoms with Crippen LogP contribution in [0, 0.1) is 5.82 Å². The van der Waals surface area contributed by atoms with Crippen LogP contribution in [0.4, 0.5) is 4.39 Å². The summed E-state index contributed by atoms with van der Waals surface area (Å²) >= 11 is 5.65. The van der Waals surface area contributed by atoms with Crippen molar-refractivity contribution >= 4 is 30.3 Å². The first kappa shape index (κ1) is 14.4. The Morgan fingerprint density at radius 3 is 2.82 bits per heavy atom. The van der Waals surface area contributed by atoms with Gasteiger partial charge in [0.1, 0.15) is 5.82 Å². The molecule has 2 nitrogen and oxygen atoms in total. The van der Waals surface area contributed by atoms with E-state index >= 15 is 0 Å². The topological polar surface area (TPSA) is 29.1 Å². The molecule has 0 aromatic heterocycles. The first-order chi connectivity index (χ1) is 8.08. The Bertz CT molecular complexity index is 398. The quantitative estimate of drug-likeness (QED) is 0.808. The molecule has 1 unspecified atom stereocenters. The number of carbonyl (C=O) groups is 1. The summed E-state index contributed by atoms with van der Waals surface area (Å²) in [4.78, 5) is 12.1. The number of benzene rings is 1. The van der Waals surface area contributed by atoms with E-state index in [1.165, 1.54) is 18.2 Å². The highest BCUT2D eigenvalue weighted by Gasteiger charge is 2.12. The number of hydrogen-bond donors (Lipinski definition) is 2. The molecular weight excluding hydrogens is 257 g/mol. The first-order valence-electron chi connectivity index (χ1n) is 5.36. The molecule has 5 heteroatoms. The summed E-state index contributed by atoms with van der Waals surface area (Å²) in [5, 5.41) is 2.91. The fraction of sp³-hybridized carbons (Fsp3) is 0.417. The van der Waals surface area contributed by atoms with E-state index in [-0.39, 0.29) is 16.8 Å². The fourth-order valence-electron chi connectivity index (χ4n) is 1.39. The zero-order valence-corrected chi connectivity index (χ0v) is 11.6. The Kier molecular flexibility index (Phi) is 5.85. The molecule has 1 aromatic carbocycles. The lowest BCUT2D eigenvalue weighted by atomic mass is 10.2. The second-order valence-electron chi connectivity index (χ2n) is 3.70. The van der Waals surface area contributed by atoms with Gasteiger partial charge in [-0.15, -0.1) is 12.6 Å². The number of thiol groups is 1.